The number of fused-ring (bicyclic) bond motifs is 2. The van der Waals surface area contributed by atoms with Gasteiger partial charge in [-0.3, -0.25) is 9.59 Å². The fraction of sp³-hybridized carbons (Fsp3) is 0.444. The number of hydrogen-bond acceptors (Lipinski definition) is 11. The Morgan fingerprint density at radius 3 is 2.44 bits per heavy atom. The molecule has 3 aromatic rings. The van der Waals surface area contributed by atoms with Crippen LogP contribution in [0.1, 0.15) is 80.6 Å². The number of allylic oxidation sites excluding steroid dienone is 1. The molecule has 6 rings (SSSR count). The van der Waals surface area contributed by atoms with Gasteiger partial charge in [-0.1, -0.05) is 42.3 Å². The number of amides is 1. The van der Waals surface area contributed by atoms with E-state index in [0.29, 0.717) is 47.1 Å². The van der Waals surface area contributed by atoms with Gasteiger partial charge in [-0.2, -0.15) is 4.31 Å². The lowest BCUT2D eigenvalue weighted by molar-refractivity contribution is -0.250. The van der Waals surface area contributed by atoms with E-state index in [1.54, 1.807) is 48.5 Å². The summed E-state index contributed by atoms with van der Waals surface area (Å²) < 4.78 is 51.1. The van der Waals surface area contributed by atoms with Crippen molar-refractivity contribution in [1.82, 2.24) is 4.31 Å². The number of oxime groups is 1. The molecule has 1 amide bonds. The highest BCUT2D eigenvalue weighted by Crippen LogP contribution is 2.62. The Bertz CT molecular complexity index is 2140. The number of unbranched alkanes of at least 4 members (excludes halogenated alkanes) is 2. The van der Waals surface area contributed by atoms with Gasteiger partial charge in [0.2, 0.25) is 21.7 Å². The fourth-order valence-corrected chi connectivity index (χ4v) is 10.3. The average molecular weight is 830 g/mol. The Morgan fingerprint density at radius 1 is 1.03 bits per heavy atom. The minimum atomic E-state index is -4.22. The molecule has 0 aromatic heterocycles. The summed E-state index contributed by atoms with van der Waals surface area (Å²) in [6.07, 6.45) is 8.97. The quantitative estimate of drug-likeness (QED) is 0.0457. The molecule has 14 heteroatoms. The number of benzene rings is 3. The summed E-state index contributed by atoms with van der Waals surface area (Å²) in [4.78, 5) is 29.1. The molecular weight excluding hydrogens is 775 g/mol. The predicted molar refractivity (Wildman–Crippen MR) is 224 cm³/mol. The normalized spacial score (nSPS) is 24.0. The van der Waals surface area contributed by atoms with Gasteiger partial charge in [0.1, 0.15) is 30.1 Å². The predicted octanol–water partition coefficient (Wildman–Crippen LogP) is 7.22. The Morgan fingerprint density at radius 2 is 1.76 bits per heavy atom. The molecule has 1 fully saturated rings. The first-order valence-electron chi connectivity index (χ1n) is 20.3. The molecule has 3 N–H and O–H groups in total. The van der Waals surface area contributed by atoms with Crippen LogP contribution in [0.4, 0.5) is 5.69 Å². The van der Waals surface area contributed by atoms with E-state index < -0.39 is 27.8 Å². The van der Waals surface area contributed by atoms with E-state index in [2.05, 4.69) is 23.1 Å². The number of aliphatic hydroxyl groups excluding tert-OH is 2. The summed E-state index contributed by atoms with van der Waals surface area (Å²) in [7, 11) is -2.70. The Labute approximate surface area is 346 Å². The minimum absolute atomic E-state index is 0.0141. The highest BCUT2D eigenvalue weighted by atomic mass is 32.2. The van der Waals surface area contributed by atoms with Gasteiger partial charge in [-0.25, -0.2) is 8.42 Å². The molecule has 13 nitrogen and oxygen atoms in total. The van der Waals surface area contributed by atoms with Crippen molar-refractivity contribution < 1.29 is 47.3 Å². The molecule has 0 radical (unpaired) electrons. The summed E-state index contributed by atoms with van der Waals surface area (Å²) in [5.74, 6) is -1.30. The monoisotopic (exact) mass is 829 g/mol. The molecule has 0 spiro atoms. The van der Waals surface area contributed by atoms with Crippen molar-refractivity contribution in [3.63, 3.8) is 0 Å². The van der Waals surface area contributed by atoms with E-state index >= 15 is 0 Å². The second-order valence-corrected chi connectivity index (χ2v) is 17.2. The molecule has 316 valence electrons. The third-order valence-electron chi connectivity index (χ3n) is 11.5. The van der Waals surface area contributed by atoms with Gasteiger partial charge < -0.3 is 34.6 Å². The van der Waals surface area contributed by atoms with Gasteiger partial charge >= 0.3 is 0 Å². The van der Waals surface area contributed by atoms with Crippen molar-refractivity contribution >= 4 is 33.6 Å². The van der Waals surface area contributed by atoms with Crippen LogP contribution in [0.25, 0.3) is 0 Å². The third kappa shape index (κ3) is 9.32. The van der Waals surface area contributed by atoms with Gasteiger partial charge in [0.05, 0.1) is 29.2 Å². The number of carbonyl (C=O) groups excluding carboxylic acids is 2. The van der Waals surface area contributed by atoms with E-state index in [1.807, 2.05) is 19.1 Å². The molecular formula is C45H55N3O10S. The van der Waals surface area contributed by atoms with Crippen molar-refractivity contribution in [2.24, 2.45) is 22.9 Å². The summed E-state index contributed by atoms with van der Waals surface area (Å²) in [5.41, 5.74) is 3.21. The third-order valence-corrected chi connectivity index (χ3v) is 13.3. The number of aliphatic hydroxyl groups is 2. The van der Waals surface area contributed by atoms with E-state index in [-0.39, 0.29) is 61.4 Å². The summed E-state index contributed by atoms with van der Waals surface area (Å²) >= 11 is 0. The van der Waals surface area contributed by atoms with Crippen molar-refractivity contribution in [2.75, 3.05) is 38.8 Å². The Kier molecular flexibility index (Phi) is 14.4. The second kappa shape index (κ2) is 19.5. The van der Waals surface area contributed by atoms with E-state index in [0.717, 1.165) is 43.1 Å². The van der Waals surface area contributed by atoms with Gasteiger partial charge in [-0.15, -0.1) is 6.58 Å². The molecule has 3 aliphatic rings. The Balaban J connectivity index is 1.57. The van der Waals surface area contributed by atoms with E-state index in [9.17, 15) is 28.2 Å². The number of nitrogens with zero attached hydrogens (tertiary/aromatic N) is 2. The topological polar surface area (TPSA) is 173 Å². The standard InChI is InChI=1S/C45H55N3O10S/c1-5-24-55-45-42(48(4)59(53,54)36-19-16-33(17-20-36)46-30(3)52)28-40(47-56-6-2)38-26-32(13-7-9-22-49)37(15-8-10-23-50)43(44(38)45)39-27-35(18-21-41(39)58-45)57-34-14-11-12-31(25-34)29-51/h5,11-12,14,16-21,25-27,29,32,37,42-44,49-50H,1,6-10,13,15,22-24,28H2,2-4H3,(H,46,52). The maximum atomic E-state index is 14.7. The SMILES string of the molecule is C=CCOC12Oc3ccc(Oc4cccc(C=O)c4)cc3C3C(CCCCO)C(CCCCO)C=C(C(=NOCC)CC1N(C)S(=O)(=O)c1ccc(NC(C)=O)cc1)C32. The number of hydrogen-bond donors (Lipinski definition) is 3. The first kappa shape index (κ1) is 43.7. The van der Waals surface area contributed by atoms with E-state index in [4.69, 9.17) is 19.0 Å². The largest absolute Gasteiger partial charge is 0.460 e. The van der Waals surface area contributed by atoms with Gasteiger partial charge in [-0.05, 0) is 105 Å². The minimum Gasteiger partial charge on any atom is -0.460 e. The van der Waals surface area contributed by atoms with Crippen LogP contribution in [0.3, 0.4) is 0 Å². The van der Waals surface area contributed by atoms with Crippen molar-refractivity contribution in [3.05, 3.63) is 102 Å². The van der Waals surface area contributed by atoms with Gasteiger partial charge in [0.15, 0.2) is 0 Å². The highest BCUT2D eigenvalue weighted by molar-refractivity contribution is 7.89. The number of ether oxygens (including phenoxy) is 3. The number of aldehydes is 1. The van der Waals surface area contributed by atoms with Crippen LogP contribution in [0.5, 0.6) is 17.2 Å². The highest BCUT2D eigenvalue weighted by Gasteiger charge is 2.65. The molecule has 0 bridgehead atoms. The van der Waals surface area contributed by atoms with Crippen molar-refractivity contribution in [1.29, 1.82) is 0 Å². The van der Waals surface area contributed by atoms with Crippen LogP contribution in [-0.4, -0.2) is 86.1 Å². The van der Waals surface area contributed by atoms with Crippen LogP contribution in [0.2, 0.25) is 0 Å². The first-order chi connectivity index (χ1) is 28.5. The van der Waals surface area contributed by atoms with Crippen molar-refractivity contribution in [2.45, 2.75) is 81.4 Å². The van der Waals surface area contributed by atoms with Crippen LogP contribution in [0, 0.1) is 17.8 Å². The molecule has 1 saturated carbocycles. The Hall–Kier alpha value is -4.86. The average Bonchev–Trinajstić information content (AvgIpc) is 3.23. The number of sulfonamides is 1. The van der Waals surface area contributed by atoms with Crippen LogP contribution < -0.4 is 14.8 Å². The maximum absolute atomic E-state index is 14.7. The van der Waals surface area contributed by atoms with Gasteiger partial charge in [0, 0.05) is 56.3 Å². The maximum Gasteiger partial charge on any atom is 0.243 e. The van der Waals surface area contributed by atoms with Crippen LogP contribution >= 0.6 is 0 Å². The van der Waals surface area contributed by atoms with Crippen LogP contribution in [-0.2, 0) is 24.4 Å². The lowest BCUT2D eigenvalue weighted by Gasteiger charge is -2.59. The molecule has 6 unspecified atom stereocenters. The zero-order valence-electron chi connectivity index (χ0n) is 33.9. The number of anilines is 1. The molecule has 1 heterocycles. The fourth-order valence-electron chi connectivity index (χ4n) is 8.94. The lowest BCUT2D eigenvalue weighted by atomic mass is 9.55. The van der Waals surface area contributed by atoms with Gasteiger partial charge in [0.25, 0.3) is 0 Å². The zero-order chi connectivity index (χ0) is 42.2. The van der Waals surface area contributed by atoms with Crippen molar-refractivity contribution in [3.8, 4) is 17.2 Å². The molecule has 59 heavy (non-hydrogen) atoms. The van der Waals surface area contributed by atoms with E-state index in [1.165, 1.54) is 30.4 Å². The molecule has 0 saturated heterocycles. The number of nitrogens with one attached hydrogen (secondary N) is 1. The number of likely N-dealkylation sites (N-methyl/N-ethyl adjacent to an activating group) is 1. The van der Waals surface area contributed by atoms with Crippen LogP contribution in [0.15, 0.2) is 101 Å². The molecule has 3 aromatic carbocycles. The number of rotatable bonds is 20. The summed E-state index contributed by atoms with van der Waals surface area (Å²) in [5, 5.41) is 27.0. The molecule has 6 atom stereocenters. The smallest absolute Gasteiger partial charge is 0.243 e. The zero-order valence-corrected chi connectivity index (χ0v) is 34.7. The summed E-state index contributed by atoms with van der Waals surface area (Å²) in [6, 6.07) is 17.5. The molecule has 1 aliphatic heterocycles. The molecule has 2 aliphatic carbocycles. The number of carbonyl (C=O) groups is 2. The first-order valence-corrected chi connectivity index (χ1v) is 21.7. The summed E-state index contributed by atoms with van der Waals surface area (Å²) in [6.45, 7) is 7.61. The lowest BCUT2D eigenvalue weighted by Crippen LogP contribution is -2.69. The second-order valence-electron chi connectivity index (χ2n) is 15.2.